The highest BCUT2D eigenvalue weighted by molar-refractivity contribution is 5.79. The lowest BCUT2D eigenvalue weighted by atomic mass is 9.87. The summed E-state index contributed by atoms with van der Waals surface area (Å²) in [5, 5.41) is 0. The zero-order valence-electron chi connectivity index (χ0n) is 13.9. The first-order chi connectivity index (χ1) is 11.3. The van der Waals surface area contributed by atoms with Gasteiger partial charge >= 0.3 is 0 Å². The Bertz CT molecular complexity index is 650. The summed E-state index contributed by atoms with van der Waals surface area (Å²) in [5.41, 5.74) is 3.97. The van der Waals surface area contributed by atoms with Crippen molar-refractivity contribution in [3.8, 4) is 0 Å². The molecular weight excluding hydrogens is 282 g/mol. The van der Waals surface area contributed by atoms with E-state index in [1.54, 1.807) is 0 Å². The third-order valence-electron chi connectivity index (χ3n) is 4.74. The number of carbonyl (C=O) groups excluding carboxylic acids is 1. The molecule has 0 fully saturated rings. The summed E-state index contributed by atoms with van der Waals surface area (Å²) in [7, 11) is 0. The van der Waals surface area contributed by atoms with Crippen molar-refractivity contribution in [2.45, 2.75) is 45.1 Å². The van der Waals surface area contributed by atoms with E-state index in [0.717, 1.165) is 37.8 Å². The van der Waals surface area contributed by atoms with Crippen molar-refractivity contribution >= 4 is 5.91 Å². The van der Waals surface area contributed by atoms with Crippen molar-refractivity contribution in [1.82, 2.24) is 4.90 Å². The van der Waals surface area contributed by atoms with Gasteiger partial charge in [-0.1, -0.05) is 61.5 Å². The maximum Gasteiger partial charge on any atom is 0.227 e. The molecule has 2 nitrogen and oxygen atoms in total. The first kappa shape index (κ1) is 15.8. The average molecular weight is 307 g/mol. The first-order valence-electron chi connectivity index (χ1n) is 8.68. The van der Waals surface area contributed by atoms with Crippen LogP contribution in [-0.2, 0) is 24.1 Å². The van der Waals surface area contributed by atoms with E-state index in [-0.39, 0.29) is 5.91 Å². The minimum atomic E-state index is 0.266. The number of fused-ring (bicyclic) bond motifs is 1. The van der Waals surface area contributed by atoms with E-state index in [2.05, 4.69) is 36.1 Å². The molecule has 3 rings (SSSR count). The number of hydrogen-bond donors (Lipinski definition) is 0. The predicted octanol–water partition coefficient (Wildman–Crippen LogP) is 4.03. The maximum absolute atomic E-state index is 12.8. The van der Waals surface area contributed by atoms with Crippen LogP contribution >= 0.6 is 0 Å². The Morgan fingerprint density at radius 2 is 1.74 bits per heavy atom. The topological polar surface area (TPSA) is 20.3 Å². The molecule has 1 unspecified atom stereocenters. The molecule has 1 amide bonds. The largest absolute Gasteiger partial charge is 0.339 e. The number of carbonyl (C=O) groups is 1. The van der Waals surface area contributed by atoms with Gasteiger partial charge in [-0.25, -0.2) is 0 Å². The number of hydrogen-bond acceptors (Lipinski definition) is 1. The van der Waals surface area contributed by atoms with Crippen molar-refractivity contribution in [1.29, 1.82) is 0 Å². The molecule has 1 aliphatic rings. The van der Waals surface area contributed by atoms with Crippen molar-refractivity contribution in [3.05, 3.63) is 71.3 Å². The van der Waals surface area contributed by atoms with E-state index in [4.69, 9.17) is 0 Å². The second-order valence-electron chi connectivity index (χ2n) is 6.41. The van der Waals surface area contributed by atoms with Crippen molar-refractivity contribution in [2.24, 2.45) is 0 Å². The van der Waals surface area contributed by atoms with Gasteiger partial charge in [0.1, 0.15) is 0 Å². The molecule has 0 radical (unpaired) electrons. The van der Waals surface area contributed by atoms with E-state index in [1.807, 2.05) is 30.3 Å². The van der Waals surface area contributed by atoms with Crippen LogP contribution in [-0.4, -0.2) is 23.4 Å². The molecule has 23 heavy (non-hydrogen) atoms. The summed E-state index contributed by atoms with van der Waals surface area (Å²) in [5.74, 6) is 0.266. The van der Waals surface area contributed by atoms with Crippen LogP contribution in [0.4, 0.5) is 0 Å². The number of nitrogens with zero attached hydrogens (tertiary/aromatic N) is 1. The fourth-order valence-electron chi connectivity index (χ4n) is 3.57. The Kier molecular flexibility index (Phi) is 5.12. The number of amides is 1. The second kappa shape index (κ2) is 7.45. The highest BCUT2D eigenvalue weighted by atomic mass is 16.2. The molecule has 0 saturated heterocycles. The molecule has 1 aliphatic carbocycles. The highest BCUT2D eigenvalue weighted by Crippen LogP contribution is 2.25. The van der Waals surface area contributed by atoms with E-state index >= 15 is 0 Å². The minimum Gasteiger partial charge on any atom is -0.339 e. The Morgan fingerprint density at radius 3 is 2.48 bits per heavy atom. The van der Waals surface area contributed by atoms with Gasteiger partial charge in [0, 0.05) is 12.6 Å². The van der Waals surface area contributed by atoms with Gasteiger partial charge < -0.3 is 4.90 Å². The average Bonchev–Trinajstić information content (AvgIpc) is 2.60. The highest BCUT2D eigenvalue weighted by Gasteiger charge is 2.26. The Morgan fingerprint density at radius 1 is 1.04 bits per heavy atom. The van der Waals surface area contributed by atoms with Gasteiger partial charge in [-0.3, -0.25) is 4.79 Å². The fourth-order valence-corrected chi connectivity index (χ4v) is 3.57. The van der Waals surface area contributed by atoms with Gasteiger partial charge in [0.25, 0.3) is 0 Å². The summed E-state index contributed by atoms with van der Waals surface area (Å²) < 4.78 is 0. The van der Waals surface area contributed by atoms with Gasteiger partial charge in [0.2, 0.25) is 5.91 Å². The number of benzene rings is 2. The molecule has 0 heterocycles. The SMILES string of the molecule is CCCN(C(=O)Cc1ccccc1)C1CCc2ccccc2C1. The molecule has 0 aromatic heterocycles. The fraction of sp³-hybridized carbons (Fsp3) is 0.381. The van der Waals surface area contributed by atoms with Crippen LogP contribution in [0.25, 0.3) is 0 Å². The van der Waals surface area contributed by atoms with Crippen LogP contribution < -0.4 is 0 Å². The smallest absolute Gasteiger partial charge is 0.227 e. The number of rotatable bonds is 5. The molecule has 2 aromatic carbocycles. The van der Waals surface area contributed by atoms with Crippen LogP contribution in [0.2, 0.25) is 0 Å². The van der Waals surface area contributed by atoms with Crippen molar-refractivity contribution in [3.63, 3.8) is 0 Å². The van der Waals surface area contributed by atoms with Crippen LogP contribution in [0.1, 0.15) is 36.5 Å². The lowest BCUT2D eigenvalue weighted by molar-refractivity contribution is -0.133. The van der Waals surface area contributed by atoms with Crippen LogP contribution in [0, 0.1) is 0 Å². The van der Waals surface area contributed by atoms with E-state index in [1.165, 1.54) is 11.1 Å². The van der Waals surface area contributed by atoms with Crippen molar-refractivity contribution < 1.29 is 4.79 Å². The molecule has 2 aromatic rings. The van der Waals surface area contributed by atoms with Crippen LogP contribution in [0.5, 0.6) is 0 Å². The Labute approximate surface area is 139 Å². The summed E-state index contributed by atoms with van der Waals surface area (Å²) in [4.78, 5) is 15.0. The molecule has 1 atom stereocenters. The van der Waals surface area contributed by atoms with Crippen LogP contribution in [0.3, 0.4) is 0 Å². The molecule has 0 saturated carbocycles. The molecule has 0 aliphatic heterocycles. The third kappa shape index (κ3) is 3.82. The monoisotopic (exact) mass is 307 g/mol. The summed E-state index contributed by atoms with van der Waals surface area (Å²) >= 11 is 0. The van der Waals surface area contributed by atoms with E-state index < -0.39 is 0 Å². The molecule has 0 N–H and O–H groups in total. The molecule has 0 bridgehead atoms. The van der Waals surface area contributed by atoms with E-state index in [0.29, 0.717) is 12.5 Å². The van der Waals surface area contributed by atoms with Crippen LogP contribution in [0.15, 0.2) is 54.6 Å². The van der Waals surface area contributed by atoms with Gasteiger partial charge in [-0.15, -0.1) is 0 Å². The zero-order valence-corrected chi connectivity index (χ0v) is 13.9. The quantitative estimate of drug-likeness (QED) is 0.817. The first-order valence-corrected chi connectivity index (χ1v) is 8.68. The normalized spacial score (nSPS) is 16.7. The molecular formula is C21H25NO. The van der Waals surface area contributed by atoms with Gasteiger partial charge in [-0.05, 0) is 42.4 Å². The molecule has 0 spiro atoms. The lowest BCUT2D eigenvalue weighted by Gasteiger charge is -2.35. The maximum atomic E-state index is 12.8. The van der Waals surface area contributed by atoms with Gasteiger partial charge in [-0.2, -0.15) is 0 Å². The summed E-state index contributed by atoms with van der Waals surface area (Å²) in [6, 6.07) is 19.1. The Hall–Kier alpha value is -2.09. The molecule has 2 heteroatoms. The minimum absolute atomic E-state index is 0.266. The molecule has 120 valence electrons. The third-order valence-corrected chi connectivity index (χ3v) is 4.74. The predicted molar refractivity (Wildman–Crippen MR) is 94.4 cm³/mol. The zero-order chi connectivity index (χ0) is 16.1. The summed E-state index contributed by atoms with van der Waals surface area (Å²) in [6.07, 6.45) is 4.69. The second-order valence-corrected chi connectivity index (χ2v) is 6.41. The van der Waals surface area contributed by atoms with Gasteiger partial charge in [0.05, 0.1) is 6.42 Å². The number of aryl methyl sites for hydroxylation is 1. The van der Waals surface area contributed by atoms with Gasteiger partial charge in [0.15, 0.2) is 0 Å². The standard InChI is InChI=1S/C21H25NO/c1-2-14-22(21(23)15-17-8-4-3-5-9-17)20-13-12-18-10-6-7-11-19(18)16-20/h3-11,20H,2,12-16H2,1H3. The Balaban J connectivity index is 1.73. The van der Waals surface area contributed by atoms with Crippen molar-refractivity contribution in [2.75, 3.05) is 6.54 Å². The summed E-state index contributed by atoms with van der Waals surface area (Å²) in [6.45, 7) is 3.01. The van der Waals surface area contributed by atoms with E-state index in [9.17, 15) is 4.79 Å². The lowest BCUT2D eigenvalue weighted by Crippen LogP contribution is -2.44.